The highest BCUT2D eigenvalue weighted by Gasteiger charge is 2.27. The van der Waals surface area contributed by atoms with Crippen molar-refractivity contribution in [2.24, 2.45) is 5.73 Å². The molecule has 0 spiro atoms. The Labute approximate surface area is 165 Å². The molecule has 1 aliphatic heterocycles. The molecule has 1 aliphatic rings. The molecule has 2 aromatic carbocycles. The first-order valence-corrected chi connectivity index (χ1v) is 9.65. The molecule has 0 radical (unpaired) electrons. The summed E-state index contributed by atoms with van der Waals surface area (Å²) in [6.07, 6.45) is 0.839. The minimum Gasteiger partial charge on any atom is -0.372 e. The third kappa shape index (κ3) is 5.78. The molecule has 144 valence electrons. The third-order valence-electron chi connectivity index (χ3n) is 4.81. The van der Waals surface area contributed by atoms with Crippen molar-refractivity contribution in [3.8, 4) is 0 Å². The van der Waals surface area contributed by atoms with Crippen LogP contribution in [0.3, 0.4) is 0 Å². The van der Waals surface area contributed by atoms with E-state index < -0.39 is 5.91 Å². The summed E-state index contributed by atoms with van der Waals surface area (Å²) in [4.78, 5) is 13.3. The van der Waals surface area contributed by atoms with E-state index in [0.717, 1.165) is 31.1 Å². The zero-order valence-corrected chi connectivity index (χ0v) is 16.1. The predicted molar refractivity (Wildman–Crippen MR) is 108 cm³/mol. The normalized spacial score (nSPS) is 18.9. The lowest BCUT2D eigenvalue weighted by Crippen LogP contribution is -2.52. The molecule has 3 rings (SSSR count). The topological polar surface area (TPSA) is 67.6 Å². The van der Waals surface area contributed by atoms with Gasteiger partial charge in [0.05, 0.1) is 6.04 Å². The molecule has 1 fully saturated rings. The number of hydrogen-bond donors (Lipinski definition) is 2. The highest BCUT2D eigenvalue weighted by Crippen LogP contribution is 2.30. The summed E-state index contributed by atoms with van der Waals surface area (Å²) in [5.41, 5.74) is 7.62. The number of amides is 1. The maximum Gasteiger partial charge on any atom is 0.243 e. The molecule has 2 atom stereocenters. The summed E-state index contributed by atoms with van der Waals surface area (Å²) in [5.74, 6) is -0.430. The van der Waals surface area contributed by atoms with Crippen LogP contribution in [0.1, 0.15) is 23.6 Å². The Morgan fingerprint density at radius 3 is 2.59 bits per heavy atom. The van der Waals surface area contributed by atoms with Crippen molar-refractivity contribution in [3.05, 3.63) is 70.7 Å². The summed E-state index contributed by atoms with van der Waals surface area (Å²) >= 11 is 6.09. The van der Waals surface area contributed by atoms with E-state index in [1.165, 1.54) is 11.1 Å². The highest BCUT2D eigenvalue weighted by molar-refractivity contribution is 6.30. The molecule has 0 bridgehead atoms. The number of nitrogens with one attached hydrogen (secondary N) is 1. The predicted octanol–water partition coefficient (Wildman–Crippen LogP) is 2.60. The van der Waals surface area contributed by atoms with E-state index in [0.29, 0.717) is 12.6 Å². The van der Waals surface area contributed by atoms with Gasteiger partial charge in [-0.2, -0.15) is 0 Å². The fraction of sp³-hybridized carbons (Fsp3) is 0.381. The Morgan fingerprint density at radius 2 is 1.89 bits per heavy atom. The second-order valence-electron chi connectivity index (χ2n) is 6.82. The summed E-state index contributed by atoms with van der Waals surface area (Å²) in [6, 6.07) is 19.1. The van der Waals surface area contributed by atoms with Crippen LogP contribution in [-0.2, 0) is 9.53 Å². The number of rotatable bonds is 8. The monoisotopic (exact) mass is 387 g/mol. The number of ether oxygens (including phenoxy) is 1. The smallest absolute Gasteiger partial charge is 0.243 e. The van der Waals surface area contributed by atoms with Crippen molar-refractivity contribution in [1.82, 2.24) is 10.2 Å². The molecule has 1 saturated heterocycles. The summed E-state index contributed by atoms with van der Waals surface area (Å²) in [7, 11) is 0. The van der Waals surface area contributed by atoms with E-state index in [9.17, 15) is 4.79 Å². The standard InChI is InChI=1S/C21H26ClN3O2/c22-18-8-6-17(7-9-18)21(16-4-2-1-3-5-16)25-12-11-24-19(14-25)10-13-27-15-20(23)26/h1-9,19,21,24H,10-15H2,(H2,23,26). The van der Waals surface area contributed by atoms with Gasteiger partial charge in [0.25, 0.3) is 0 Å². The fourth-order valence-electron chi connectivity index (χ4n) is 3.57. The summed E-state index contributed by atoms with van der Waals surface area (Å²) in [6.45, 7) is 3.28. The number of benzene rings is 2. The first-order valence-electron chi connectivity index (χ1n) is 9.27. The van der Waals surface area contributed by atoms with Gasteiger partial charge in [-0.3, -0.25) is 9.69 Å². The average Bonchev–Trinajstić information content (AvgIpc) is 2.68. The molecule has 5 nitrogen and oxygen atoms in total. The van der Waals surface area contributed by atoms with E-state index >= 15 is 0 Å². The Balaban J connectivity index is 1.72. The Morgan fingerprint density at radius 1 is 1.19 bits per heavy atom. The molecule has 1 heterocycles. The van der Waals surface area contributed by atoms with Gasteiger partial charge in [-0.25, -0.2) is 0 Å². The van der Waals surface area contributed by atoms with E-state index in [-0.39, 0.29) is 12.6 Å². The first kappa shape index (κ1) is 19.8. The van der Waals surface area contributed by atoms with Gasteiger partial charge in [0, 0.05) is 37.3 Å². The number of halogens is 1. The molecule has 1 amide bonds. The van der Waals surface area contributed by atoms with Crippen LogP contribution < -0.4 is 11.1 Å². The number of nitrogens with zero attached hydrogens (tertiary/aromatic N) is 1. The Bertz CT molecular complexity index is 724. The quantitative estimate of drug-likeness (QED) is 0.683. The lowest BCUT2D eigenvalue weighted by Gasteiger charge is -2.39. The van der Waals surface area contributed by atoms with Gasteiger partial charge < -0.3 is 15.8 Å². The van der Waals surface area contributed by atoms with Gasteiger partial charge >= 0.3 is 0 Å². The van der Waals surface area contributed by atoms with Crippen LogP contribution in [0.5, 0.6) is 0 Å². The second kappa shape index (κ2) is 9.85. The molecule has 0 aromatic heterocycles. The Kier molecular flexibility index (Phi) is 7.24. The van der Waals surface area contributed by atoms with E-state index in [2.05, 4.69) is 46.6 Å². The summed E-state index contributed by atoms with van der Waals surface area (Å²) in [5, 5.41) is 4.29. The Hall–Kier alpha value is -1.92. The van der Waals surface area contributed by atoms with Crippen LogP contribution in [0.2, 0.25) is 5.02 Å². The zero-order valence-electron chi connectivity index (χ0n) is 15.3. The van der Waals surface area contributed by atoms with Crippen LogP contribution in [0.15, 0.2) is 54.6 Å². The highest BCUT2D eigenvalue weighted by atomic mass is 35.5. The minimum atomic E-state index is -0.430. The maximum atomic E-state index is 10.8. The zero-order chi connectivity index (χ0) is 19.1. The SMILES string of the molecule is NC(=O)COCCC1CN(C(c2ccccc2)c2ccc(Cl)cc2)CCN1. The van der Waals surface area contributed by atoms with E-state index in [1.807, 2.05) is 18.2 Å². The first-order chi connectivity index (χ1) is 13.1. The molecule has 27 heavy (non-hydrogen) atoms. The van der Waals surface area contributed by atoms with Gasteiger partial charge in [-0.05, 0) is 29.7 Å². The van der Waals surface area contributed by atoms with Crippen LogP contribution >= 0.6 is 11.6 Å². The number of nitrogens with two attached hydrogens (primary N) is 1. The maximum absolute atomic E-state index is 10.8. The van der Waals surface area contributed by atoms with Gasteiger partial charge in [-0.15, -0.1) is 0 Å². The van der Waals surface area contributed by atoms with Crippen molar-refractivity contribution in [2.45, 2.75) is 18.5 Å². The minimum absolute atomic E-state index is 0.0200. The molecule has 3 N–H and O–H groups in total. The molecular formula is C21H26ClN3O2. The molecule has 2 aromatic rings. The number of hydrogen-bond acceptors (Lipinski definition) is 4. The average molecular weight is 388 g/mol. The fourth-order valence-corrected chi connectivity index (χ4v) is 3.70. The van der Waals surface area contributed by atoms with Gasteiger partial charge in [-0.1, -0.05) is 54.1 Å². The van der Waals surface area contributed by atoms with Crippen molar-refractivity contribution >= 4 is 17.5 Å². The molecular weight excluding hydrogens is 362 g/mol. The van der Waals surface area contributed by atoms with Crippen molar-refractivity contribution in [3.63, 3.8) is 0 Å². The lowest BCUT2D eigenvalue weighted by molar-refractivity contribution is -0.122. The van der Waals surface area contributed by atoms with Crippen LogP contribution in [0.25, 0.3) is 0 Å². The van der Waals surface area contributed by atoms with E-state index in [1.54, 1.807) is 0 Å². The third-order valence-corrected chi connectivity index (χ3v) is 5.06. The van der Waals surface area contributed by atoms with Crippen molar-refractivity contribution < 1.29 is 9.53 Å². The number of carbonyl (C=O) groups is 1. The van der Waals surface area contributed by atoms with Crippen LogP contribution in [0.4, 0.5) is 0 Å². The number of primary amides is 1. The van der Waals surface area contributed by atoms with Crippen LogP contribution in [-0.4, -0.2) is 49.7 Å². The summed E-state index contributed by atoms with van der Waals surface area (Å²) < 4.78 is 5.33. The van der Waals surface area contributed by atoms with Gasteiger partial charge in [0.2, 0.25) is 5.91 Å². The van der Waals surface area contributed by atoms with E-state index in [4.69, 9.17) is 22.1 Å². The van der Waals surface area contributed by atoms with Crippen molar-refractivity contribution in [1.29, 1.82) is 0 Å². The molecule has 0 saturated carbocycles. The molecule has 6 heteroatoms. The molecule has 2 unspecified atom stereocenters. The largest absolute Gasteiger partial charge is 0.372 e. The van der Waals surface area contributed by atoms with Crippen LogP contribution in [0, 0.1) is 0 Å². The molecule has 0 aliphatic carbocycles. The number of piperazine rings is 1. The second-order valence-corrected chi connectivity index (χ2v) is 7.25. The van der Waals surface area contributed by atoms with Gasteiger partial charge in [0.1, 0.15) is 6.61 Å². The van der Waals surface area contributed by atoms with Gasteiger partial charge in [0.15, 0.2) is 0 Å². The number of carbonyl (C=O) groups excluding carboxylic acids is 1. The van der Waals surface area contributed by atoms with Crippen molar-refractivity contribution in [2.75, 3.05) is 32.8 Å². The lowest BCUT2D eigenvalue weighted by atomic mass is 9.95.